The topological polar surface area (TPSA) is 130 Å². The van der Waals surface area contributed by atoms with Crippen LogP contribution in [0.4, 0.5) is 11.6 Å². The Morgan fingerprint density at radius 1 is 1.28 bits per heavy atom. The first-order chi connectivity index (χ1) is 15.5. The van der Waals surface area contributed by atoms with Gasteiger partial charge in [-0.25, -0.2) is 14.5 Å². The molecule has 0 aliphatic carbocycles. The second-order valence-corrected chi connectivity index (χ2v) is 8.46. The molecule has 3 N–H and O–H groups in total. The molecule has 0 radical (unpaired) electrons. The third-order valence-electron chi connectivity index (χ3n) is 5.94. The van der Waals surface area contributed by atoms with Crippen LogP contribution in [-0.2, 0) is 0 Å². The van der Waals surface area contributed by atoms with Gasteiger partial charge in [-0.05, 0) is 64.8 Å². The van der Waals surface area contributed by atoms with Crippen LogP contribution < -0.4 is 15.8 Å². The van der Waals surface area contributed by atoms with E-state index in [1.165, 1.54) is 6.33 Å². The average Bonchev–Trinajstić information content (AvgIpc) is 3.27. The number of nitrogens with zero attached hydrogens (tertiary/aromatic N) is 7. The largest absolute Gasteiger partial charge is 0.476 e. The van der Waals surface area contributed by atoms with Crippen molar-refractivity contribution in [3.05, 3.63) is 36.0 Å². The van der Waals surface area contributed by atoms with Crippen molar-refractivity contribution < 1.29 is 4.74 Å². The molecule has 1 fully saturated rings. The highest BCUT2D eigenvalue weighted by Crippen LogP contribution is 2.25. The van der Waals surface area contributed by atoms with Crippen LogP contribution in [0.2, 0.25) is 0 Å². The van der Waals surface area contributed by atoms with Gasteiger partial charge in [0.15, 0.2) is 5.82 Å². The minimum absolute atomic E-state index is 0.131. The van der Waals surface area contributed by atoms with E-state index in [1.807, 2.05) is 31.3 Å². The molecule has 10 heteroatoms. The number of nitrogen functional groups attached to an aromatic ring is 1. The summed E-state index contributed by atoms with van der Waals surface area (Å²) in [5.74, 6) is 2.08. The van der Waals surface area contributed by atoms with Gasteiger partial charge in [0, 0.05) is 12.2 Å². The van der Waals surface area contributed by atoms with Gasteiger partial charge < -0.3 is 20.7 Å². The first-order valence-electron chi connectivity index (χ1n) is 11.0. The lowest BCUT2D eigenvalue weighted by atomic mass is 9.97. The van der Waals surface area contributed by atoms with E-state index < -0.39 is 0 Å². The van der Waals surface area contributed by atoms with Crippen LogP contribution in [0, 0.1) is 17.2 Å². The standard InChI is InChI=1S/C22H29N9O/c1-14(2)30-9-6-16(7-10-30)12-32-22-18-5-4-8-31(18)29-20(28-22)15(3)27-21-17(11-23)19(24)25-13-26-21/h4-5,8,13-16H,6-7,9-10,12H2,1-3H3,(H3,24,25,26,27). The molecular weight excluding hydrogens is 406 g/mol. The normalized spacial score (nSPS) is 16.2. The van der Waals surface area contributed by atoms with Gasteiger partial charge in [-0.3, -0.25) is 0 Å². The molecule has 1 aliphatic rings. The van der Waals surface area contributed by atoms with Gasteiger partial charge in [0.05, 0.1) is 12.6 Å². The summed E-state index contributed by atoms with van der Waals surface area (Å²) < 4.78 is 7.96. The summed E-state index contributed by atoms with van der Waals surface area (Å²) in [7, 11) is 0. The van der Waals surface area contributed by atoms with E-state index in [0.29, 0.717) is 36.1 Å². The Kier molecular flexibility index (Phi) is 6.37. The molecule has 0 aromatic carbocycles. The van der Waals surface area contributed by atoms with Crippen LogP contribution in [0.15, 0.2) is 24.7 Å². The number of anilines is 2. The molecule has 3 aromatic rings. The fourth-order valence-corrected chi connectivity index (χ4v) is 3.93. The van der Waals surface area contributed by atoms with Crippen molar-refractivity contribution >= 4 is 17.2 Å². The van der Waals surface area contributed by atoms with E-state index in [0.717, 1.165) is 31.4 Å². The summed E-state index contributed by atoms with van der Waals surface area (Å²) in [5.41, 5.74) is 6.82. The van der Waals surface area contributed by atoms with Gasteiger partial charge in [0.2, 0.25) is 5.88 Å². The Morgan fingerprint density at radius 2 is 2.06 bits per heavy atom. The fraction of sp³-hybridized carbons (Fsp3) is 0.500. The van der Waals surface area contributed by atoms with E-state index >= 15 is 0 Å². The zero-order chi connectivity index (χ0) is 22.7. The smallest absolute Gasteiger partial charge is 0.241 e. The van der Waals surface area contributed by atoms with Crippen LogP contribution in [0.1, 0.15) is 51.0 Å². The third-order valence-corrected chi connectivity index (χ3v) is 5.94. The molecule has 0 saturated carbocycles. The van der Waals surface area contributed by atoms with Crippen molar-refractivity contribution in [2.24, 2.45) is 5.92 Å². The van der Waals surface area contributed by atoms with Gasteiger partial charge in [-0.15, -0.1) is 0 Å². The molecule has 168 valence electrons. The first kappa shape index (κ1) is 21.8. The molecule has 0 bridgehead atoms. The summed E-state index contributed by atoms with van der Waals surface area (Å²) in [6.45, 7) is 9.22. The molecule has 4 rings (SSSR count). The minimum atomic E-state index is -0.333. The fourth-order valence-electron chi connectivity index (χ4n) is 3.93. The lowest BCUT2D eigenvalue weighted by Gasteiger charge is -2.34. The summed E-state index contributed by atoms with van der Waals surface area (Å²) in [6, 6.07) is 6.15. The monoisotopic (exact) mass is 435 g/mol. The van der Waals surface area contributed by atoms with E-state index in [9.17, 15) is 5.26 Å². The van der Waals surface area contributed by atoms with Crippen molar-refractivity contribution in [1.29, 1.82) is 5.26 Å². The zero-order valence-electron chi connectivity index (χ0n) is 18.7. The number of hydrogen-bond donors (Lipinski definition) is 2. The SMILES string of the molecule is CC(Nc1ncnc(N)c1C#N)c1nc(OCC2CCN(C(C)C)CC2)c2cccn2n1. The van der Waals surface area contributed by atoms with E-state index in [-0.39, 0.29) is 17.4 Å². The Labute approximate surface area is 187 Å². The number of fused-ring (bicyclic) bond motifs is 1. The zero-order valence-corrected chi connectivity index (χ0v) is 18.7. The average molecular weight is 436 g/mol. The Hall–Kier alpha value is -3.45. The number of likely N-dealkylation sites (tertiary alicyclic amines) is 1. The minimum Gasteiger partial charge on any atom is -0.476 e. The molecule has 0 spiro atoms. The summed E-state index contributed by atoms with van der Waals surface area (Å²) >= 11 is 0. The first-order valence-corrected chi connectivity index (χ1v) is 11.0. The predicted octanol–water partition coefficient (Wildman–Crippen LogP) is 2.65. The Balaban J connectivity index is 1.50. The molecule has 1 unspecified atom stereocenters. The maximum Gasteiger partial charge on any atom is 0.241 e. The quantitative estimate of drug-likeness (QED) is 0.575. The van der Waals surface area contributed by atoms with Gasteiger partial charge in [0.25, 0.3) is 0 Å². The van der Waals surface area contributed by atoms with E-state index in [2.05, 4.69) is 39.1 Å². The predicted molar refractivity (Wildman–Crippen MR) is 121 cm³/mol. The van der Waals surface area contributed by atoms with Gasteiger partial charge in [0.1, 0.15) is 35.1 Å². The van der Waals surface area contributed by atoms with Crippen molar-refractivity contribution in [2.45, 2.75) is 45.7 Å². The van der Waals surface area contributed by atoms with Crippen molar-refractivity contribution in [3.8, 4) is 11.9 Å². The lowest BCUT2D eigenvalue weighted by molar-refractivity contribution is 0.117. The highest BCUT2D eigenvalue weighted by Gasteiger charge is 2.23. The molecule has 10 nitrogen and oxygen atoms in total. The third kappa shape index (κ3) is 4.57. The van der Waals surface area contributed by atoms with E-state index in [4.69, 9.17) is 15.5 Å². The highest BCUT2D eigenvalue weighted by molar-refractivity contribution is 5.62. The second-order valence-electron chi connectivity index (χ2n) is 8.46. The summed E-state index contributed by atoms with van der Waals surface area (Å²) in [5, 5.41) is 17.1. The number of piperidine rings is 1. The molecule has 32 heavy (non-hydrogen) atoms. The number of nitrogens with one attached hydrogen (secondary N) is 1. The van der Waals surface area contributed by atoms with Crippen molar-refractivity contribution in [2.75, 3.05) is 30.7 Å². The molecule has 0 amide bonds. The van der Waals surface area contributed by atoms with E-state index in [1.54, 1.807) is 4.52 Å². The Morgan fingerprint density at radius 3 is 2.78 bits per heavy atom. The number of nitrogens with two attached hydrogens (primary N) is 1. The molecule has 4 heterocycles. The van der Waals surface area contributed by atoms with Gasteiger partial charge >= 0.3 is 0 Å². The molecule has 1 aliphatic heterocycles. The summed E-state index contributed by atoms with van der Waals surface area (Å²) in [6.07, 6.45) is 5.43. The number of hydrogen-bond acceptors (Lipinski definition) is 9. The number of rotatable bonds is 7. The number of nitriles is 1. The Bertz CT molecular complexity index is 1110. The number of aromatic nitrogens is 5. The van der Waals surface area contributed by atoms with Crippen LogP contribution in [0.25, 0.3) is 5.52 Å². The van der Waals surface area contributed by atoms with Crippen LogP contribution in [0.5, 0.6) is 5.88 Å². The molecule has 3 aromatic heterocycles. The van der Waals surface area contributed by atoms with Crippen molar-refractivity contribution in [1.82, 2.24) is 29.5 Å². The molecule has 1 atom stereocenters. The second kappa shape index (κ2) is 9.36. The molecule has 1 saturated heterocycles. The maximum absolute atomic E-state index is 9.37. The van der Waals surface area contributed by atoms with Gasteiger partial charge in [-0.1, -0.05) is 0 Å². The maximum atomic E-state index is 9.37. The van der Waals surface area contributed by atoms with Crippen LogP contribution in [0.3, 0.4) is 0 Å². The molecular formula is C22H29N9O. The lowest BCUT2D eigenvalue weighted by Crippen LogP contribution is -2.39. The van der Waals surface area contributed by atoms with Crippen LogP contribution in [-0.4, -0.2) is 55.2 Å². The van der Waals surface area contributed by atoms with Crippen molar-refractivity contribution in [3.63, 3.8) is 0 Å². The number of ether oxygens (including phenoxy) is 1. The summed E-state index contributed by atoms with van der Waals surface area (Å²) in [4.78, 5) is 15.2. The highest BCUT2D eigenvalue weighted by atomic mass is 16.5. The van der Waals surface area contributed by atoms with Crippen LogP contribution >= 0.6 is 0 Å². The van der Waals surface area contributed by atoms with Gasteiger partial charge in [-0.2, -0.15) is 15.3 Å².